The lowest BCUT2D eigenvalue weighted by Crippen LogP contribution is -1.98. The van der Waals surface area contributed by atoms with E-state index in [1.54, 1.807) is 0 Å². The molecule has 0 fully saturated rings. The molecule has 32 heavy (non-hydrogen) atoms. The Morgan fingerprint density at radius 2 is 0.438 bits per heavy atom. The lowest BCUT2D eigenvalue weighted by atomic mass is 10.1. The molecule has 186 valence electrons. The van der Waals surface area contributed by atoms with Gasteiger partial charge >= 0.3 is 35.8 Å². The summed E-state index contributed by atoms with van der Waals surface area (Å²) in [6, 6.07) is 0. The summed E-state index contributed by atoms with van der Waals surface area (Å²) in [7, 11) is 0. The molecule has 0 bridgehead atoms. The fourth-order valence-electron chi connectivity index (χ4n) is 2.03. The summed E-state index contributed by atoms with van der Waals surface area (Å²) in [6.45, 7) is 0. The normalized spacial score (nSPS) is 9.38. The van der Waals surface area contributed by atoms with Crippen LogP contribution in [-0.2, 0) is 28.8 Å². The third kappa shape index (κ3) is 45.5. The van der Waals surface area contributed by atoms with Crippen LogP contribution in [0.2, 0.25) is 0 Å². The topological polar surface area (TPSA) is 224 Å². The summed E-state index contributed by atoms with van der Waals surface area (Å²) in [5.74, 6) is -5.15. The first kappa shape index (κ1) is 33.5. The van der Waals surface area contributed by atoms with Crippen LogP contribution >= 0.6 is 0 Å². The summed E-state index contributed by atoms with van der Waals surface area (Å²) in [5.41, 5.74) is 0. The molecule has 12 heteroatoms. The van der Waals surface area contributed by atoms with Crippen LogP contribution in [0.25, 0.3) is 0 Å². The average molecular weight is 466 g/mol. The standard InChI is InChI=1S/C9H16O4.C6H10O4.C5H8O4/c10-8(11)6-4-2-1-3-5-7-9(12)13;7-5(8)3-1-2-4-6(9)10;6-4(7)2-1-3-5(8)9/h1-7H2,(H,10,11)(H,12,13);1-4H2,(H,7,8)(H,9,10);1-3H2,(H,6,7)(H,8,9). The van der Waals surface area contributed by atoms with Gasteiger partial charge in [-0.15, -0.1) is 0 Å². The summed E-state index contributed by atoms with van der Waals surface area (Å²) in [5, 5.41) is 49.0. The molecule has 0 atom stereocenters. The first-order chi connectivity index (χ1) is 14.9. The van der Waals surface area contributed by atoms with E-state index in [-0.39, 0.29) is 44.9 Å². The van der Waals surface area contributed by atoms with Gasteiger partial charge in [0.2, 0.25) is 0 Å². The molecule has 0 saturated carbocycles. The predicted molar refractivity (Wildman–Crippen MR) is 110 cm³/mol. The van der Waals surface area contributed by atoms with Crippen LogP contribution in [0.5, 0.6) is 0 Å². The van der Waals surface area contributed by atoms with E-state index in [2.05, 4.69) is 0 Å². The second-order valence-electron chi connectivity index (χ2n) is 6.69. The van der Waals surface area contributed by atoms with E-state index in [1.807, 2.05) is 0 Å². The third-order valence-electron chi connectivity index (χ3n) is 3.59. The van der Waals surface area contributed by atoms with Crippen molar-refractivity contribution in [2.45, 2.75) is 89.9 Å². The summed E-state index contributed by atoms with van der Waals surface area (Å²) in [4.78, 5) is 59.6. The van der Waals surface area contributed by atoms with Crippen molar-refractivity contribution in [2.24, 2.45) is 0 Å². The molecule has 0 heterocycles. The highest BCUT2D eigenvalue weighted by molar-refractivity contribution is 5.70. The molecule has 0 amide bonds. The zero-order valence-electron chi connectivity index (χ0n) is 18.0. The molecular weight excluding hydrogens is 432 g/mol. The second kappa shape index (κ2) is 24.1. The van der Waals surface area contributed by atoms with Crippen LogP contribution in [-0.4, -0.2) is 66.5 Å². The molecule has 12 nitrogen and oxygen atoms in total. The van der Waals surface area contributed by atoms with Gasteiger partial charge in [-0.3, -0.25) is 28.8 Å². The number of unbranched alkanes of at least 4 members (excludes halogenated alkanes) is 5. The Bertz CT molecular complexity index is 523. The van der Waals surface area contributed by atoms with Gasteiger partial charge in [-0.25, -0.2) is 0 Å². The number of carbonyl (C=O) groups is 6. The van der Waals surface area contributed by atoms with E-state index in [9.17, 15) is 28.8 Å². The quantitative estimate of drug-likeness (QED) is 0.170. The number of hydrogen-bond acceptors (Lipinski definition) is 6. The van der Waals surface area contributed by atoms with Crippen LogP contribution in [0.1, 0.15) is 89.9 Å². The van der Waals surface area contributed by atoms with E-state index >= 15 is 0 Å². The average Bonchev–Trinajstić information content (AvgIpc) is 2.64. The van der Waals surface area contributed by atoms with Crippen molar-refractivity contribution in [3.05, 3.63) is 0 Å². The summed E-state index contributed by atoms with van der Waals surface area (Å²) in [6.07, 6.45) is 5.63. The van der Waals surface area contributed by atoms with Gasteiger partial charge in [0.25, 0.3) is 0 Å². The van der Waals surface area contributed by atoms with Crippen LogP contribution in [0.3, 0.4) is 0 Å². The molecular formula is C20H34O12. The van der Waals surface area contributed by atoms with Crippen molar-refractivity contribution in [3.63, 3.8) is 0 Å². The molecule has 0 saturated heterocycles. The van der Waals surface area contributed by atoms with E-state index < -0.39 is 35.8 Å². The fourth-order valence-corrected chi connectivity index (χ4v) is 2.03. The van der Waals surface area contributed by atoms with Crippen molar-refractivity contribution in [2.75, 3.05) is 0 Å². The summed E-state index contributed by atoms with van der Waals surface area (Å²) >= 11 is 0. The van der Waals surface area contributed by atoms with Gasteiger partial charge in [-0.2, -0.15) is 0 Å². The molecule has 0 aromatic heterocycles. The lowest BCUT2D eigenvalue weighted by Gasteiger charge is -1.97. The highest BCUT2D eigenvalue weighted by Gasteiger charge is 2.00. The van der Waals surface area contributed by atoms with Gasteiger partial charge in [0.05, 0.1) is 0 Å². The van der Waals surface area contributed by atoms with Gasteiger partial charge in [0.15, 0.2) is 0 Å². The third-order valence-corrected chi connectivity index (χ3v) is 3.59. The molecule has 6 N–H and O–H groups in total. The van der Waals surface area contributed by atoms with Gasteiger partial charge in [0, 0.05) is 38.5 Å². The zero-order valence-corrected chi connectivity index (χ0v) is 18.0. The molecule has 0 aromatic rings. The molecule has 0 radical (unpaired) electrons. The van der Waals surface area contributed by atoms with Crippen LogP contribution in [0.15, 0.2) is 0 Å². The Morgan fingerprint density at radius 1 is 0.281 bits per heavy atom. The Hall–Kier alpha value is -3.18. The molecule has 0 rings (SSSR count). The largest absolute Gasteiger partial charge is 0.481 e. The van der Waals surface area contributed by atoms with E-state index in [0.29, 0.717) is 25.7 Å². The van der Waals surface area contributed by atoms with E-state index in [1.165, 1.54) is 0 Å². The molecule has 0 unspecified atom stereocenters. The zero-order chi connectivity index (χ0) is 25.4. The molecule has 0 aliphatic carbocycles. The SMILES string of the molecule is O=C(O)CCCC(=O)O.O=C(O)CCCCC(=O)O.O=C(O)CCCCCCCC(=O)O. The number of hydrogen-bond donors (Lipinski definition) is 6. The van der Waals surface area contributed by atoms with Gasteiger partial charge in [-0.1, -0.05) is 19.3 Å². The Balaban J connectivity index is -0.000000403. The van der Waals surface area contributed by atoms with Crippen molar-refractivity contribution < 1.29 is 59.4 Å². The second-order valence-corrected chi connectivity index (χ2v) is 6.69. The first-order valence-electron chi connectivity index (χ1n) is 10.2. The Labute approximate surface area is 185 Å². The smallest absolute Gasteiger partial charge is 0.303 e. The molecule has 0 spiro atoms. The van der Waals surface area contributed by atoms with Gasteiger partial charge < -0.3 is 30.6 Å². The number of rotatable bonds is 17. The Kier molecular flexibility index (Phi) is 25.2. The van der Waals surface area contributed by atoms with Crippen molar-refractivity contribution >= 4 is 35.8 Å². The predicted octanol–water partition coefficient (Wildman–Crippen LogP) is 2.93. The summed E-state index contributed by atoms with van der Waals surface area (Å²) < 4.78 is 0. The van der Waals surface area contributed by atoms with Gasteiger partial charge in [0.1, 0.15) is 0 Å². The molecule has 0 aliphatic rings. The van der Waals surface area contributed by atoms with E-state index in [0.717, 1.165) is 19.3 Å². The first-order valence-corrected chi connectivity index (χ1v) is 10.2. The number of aliphatic carboxylic acids is 6. The molecule has 0 aliphatic heterocycles. The van der Waals surface area contributed by atoms with Crippen LogP contribution < -0.4 is 0 Å². The van der Waals surface area contributed by atoms with Crippen LogP contribution in [0.4, 0.5) is 0 Å². The minimum Gasteiger partial charge on any atom is -0.481 e. The number of carboxylic acids is 6. The highest BCUT2D eigenvalue weighted by atomic mass is 16.4. The number of carboxylic acid groups (broad SMARTS) is 6. The van der Waals surface area contributed by atoms with Crippen molar-refractivity contribution in [3.8, 4) is 0 Å². The van der Waals surface area contributed by atoms with Crippen molar-refractivity contribution in [1.29, 1.82) is 0 Å². The fraction of sp³-hybridized carbons (Fsp3) is 0.700. The minimum atomic E-state index is -0.948. The van der Waals surface area contributed by atoms with Crippen LogP contribution in [0, 0.1) is 0 Å². The maximum atomic E-state index is 10.1. The van der Waals surface area contributed by atoms with E-state index in [4.69, 9.17) is 30.6 Å². The maximum Gasteiger partial charge on any atom is 0.303 e. The lowest BCUT2D eigenvalue weighted by molar-refractivity contribution is -0.140. The minimum absolute atomic E-state index is 0.0628. The van der Waals surface area contributed by atoms with Crippen molar-refractivity contribution in [1.82, 2.24) is 0 Å². The van der Waals surface area contributed by atoms with Gasteiger partial charge in [-0.05, 0) is 32.1 Å². The molecule has 0 aromatic carbocycles. The highest BCUT2D eigenvalue weighted by Crippen LogP contribution is 2.06. The monoisotopic (exact) mass is 466 g/mol. The maximum absolute atomic E-state index is 10.1. The Morgan fingerprint density at radius 3 is 0.656 bits per heavy atom.